The second-order valence-electron chi connectivity index (χ2n) is 4.29. The first-order chi connectivity index (χ1) is 9.51. The van der Waals surface area contributed by atoms with E-state index in [0.29, 0.717) is 10.8 Å². The summed E-state index contributed by atoms with van der Waals surface area (Å²) < 4.78 is 5.62. The van der Waals surface area contributed by atoms with E-state index < -0.39 is 4.92 Å². The zero-order valence-corrected chi connectivity index (χ0v) is 11.6. The number of nitro groups is 1. The number of halogens is 1. The van der Waals surface area contributed by atoms with E-state index in [-0.39, 0.29) is 18.0 Å². The normalized spacial score (nSPS) is 10.3. The van der Waals surface area contributed by atoms with E-state index in [9.17, 15) is 10.1 Å². The van der Waals surface area contributed by atoms with Gasteiger partial charge in [-0.2, -0.15) is 0 Å². The Morgan fingerprint density at radius 2 is 2.00 bits per heavy atom. The number of benzene rings is 2. The number of nitrogens with two attached hydrogens (primary N) is 1. The SMILES string of the molecule is Cc1ccc(Oc2cc(Cl)ccc2[N+](=O)[O-])c(CN)c1. The van der Waals surface area contributed by atoms with Crippen molar-refractivity contribution in [2.75, 3.05) is 0 Å². The largest absolute Gasteiger partial charge is 0.450 e. The first kappa shape index (κ1) is 14.3. The van der Waals surface area contributed by atoms with E-state index >= 15 is 0 Å². The molecule has 2 aromatic rings. The lowest BCUT2D eigenvalue weighted by Crippen LogP contribution is -2.01. The number of hydrogen-bond donors (Lipinski definition) is 1. The summed E-state index contributed by atoms with van der Waals surface area (Å²) in [7, 11) is 0. The van der Waals surface area contributed by atoms with Crippen LogP contribution in [0.15, 0.2) is 36.4 Å². The first-order valence-corrected chi connectivity index (χ1v) is 6.30. The lowest BCUT2D eigenvalue weighted by Gasteiger charge is -2.11. The fourth-order valence-corrected chi connectivity index (χ4v) is 1.97. The van der Waals surface area contributed by atoms with Gasteiger partial charge in [-0.1, -0.05) is 29.3 Å². The molecule has 0 aromatic heterocycles. The Balaban J connectivity index is 2.44. The first-order valence-electron chi connectivity index (χ1n) is 5.92. The summed E-state index contributed by atoms with van der Waals surface area (Å²) in [5.74, 6) is 0.588. The summed E-state index contributed by atoms with van der Waals surface area (Å²) in [6, 6.07) is 9.65. The predicted octanol–water partition coefficient (Wildman–Crippen LogP) is 3.81. The molecule has 104 valence electrons. The molecule has 0 heterocycles. The highest BCUT2D eigenvalue weighted by molar-refractivity contribution is 6.30. The molecule has 0 spiro atoms. The van der Waals surface area contributed by atoms with Gasteiger partial charge in [0, 0.05) is 29.3 Å². The Kier molecular flexibility index (Phi) is 4.22. The lowest BCUT2D eigenvalue weighted by molar-refractivity contribution is -0.385. The van der Waals surface area contributed by atoms with Gasteiger partial charge < -0.3 is 10.5 Å². The summed E-state index contributed by atoms with van der Waals surface area (Å²) >= 11 is 5.86. The third kappa shape index (κ3) is 3.07. The summed E-state index contributed by atoms with van der Waals surface area (Å²) in [6.07, 6.45) is 0. The highest BCUT2D eigenvalue weighted by Gasteiger charge is 2.17. The van der Waals surface area contributed by atoms with Gasteiger partial charge >= 0.3 is 5.69 Å². The Morgan fingerprint density at radius 3 is 2.65 bits per heavy atom. The smallest absolute Gasteiger partial charge is 0.311 e. The van der Waals surface area contributed by atoms with Gasteiger partial charge in [0.2, 0.25) is 5.75 Å². The second kappa shape index (κ2) is 5.90. The number of rotatable bonds is 4. The zero-order valence-electron chi connectivity index (χ0n) is 10.8. The van der Waals surface area contributed by atoms with Crippen LogP contribution in [0.25, 0.3) is 0 Å². The van der Waals surface area contributed by atoms with Crippen molar-refractivity contribution in [2.45, 2.75) is 13.5 Å². The average Bonchev–Trinajstić information content (AvgIpc) is 2.40. The van der Waals surface area contributed by atoms with Crippen molar-refractivity contribution < 1.29 is 9.66 Å². The summed E-state index contributed by atoms with van der Waals surface area (Å²) in [4.78, 5) is 10.5. The fourth-order valence-electron chi connectivity index (χ4n) is 1.81. The third-order valence-corrected chi connectivity index (χ3v) is 3.01. The van der Waals surface area contributed by atoms with Crippen LogP contribution >= 0.6 is 11.6 Å². The molecule has 0 saturated heterocycles. The van der Waals surface area contributed by atoms with Gasteiger partial charge in [-0.25, -0.2) is 0 Å². The molecule has 2 N–H and O–H groups in total. The minimum atomic E-state index is -0.512. The van der Waals surface area contributed by atoms with Crippen molar-refractivity contribution in [3.8, 4) is 11.5 Å². The molecule has 0 unspecified atom stereocenters. The number of aryl methyl sites for hydroxylation is 1. The van der Waals surface area contributed by atoms with Crippen molar-refractivity contribution in [3.63, 3.8) is 0 Å². The lowest BCUT2D eigenvalue weighted by atomic mass is 10.1. The van der Waals surface area contributed by atoms with E-state index in [0.717, 1.165) is 11.1 Å². The summed E-state index contributed by atoms with van der Waals surface area (Å²) in [5, 5.41) is 11.4. The Hall–Kier alpha value is -2.11. The average molecular weight is 293 g/mol. The molecule has 0 aliphatic carbocycles. The Labute approximate surface area is 121 Å². The van der Waals surface area contributed by atoms with E-state index in [1.54, 1.807) is 6.07 Å². The van der Waals surface area contributed by atoms with Gasteiger partial charge in [0.15, 0.2) is 0 Å². The fraction of sp³-hybridized carbons (Fsp3) is 0.143. The highest BCUT2D eigenvalue weighted by Crippen LogP contribution is 2.35. The summed E-state index contributed by atoms with van der Waals surface area (Å²) in [6.45, 7) is 2.22. The zero-order chi connectivity index (χ0) is 14.7. The standard InChI is InChI=1S/C14H13ClN2O3/c1-9-2-5-13(10(6-9)8-16)20-14-7-11(15)3-4-12(14)17(18)19/h2-7H,8,16H2,1H3. The second-order valence-corrected chi connectivity index (χ2v) is 4.72. The van der Waals surface area contributed by atoms with E-state index in [1.165, 1.54) is 18.2 Å². The molecule has 6 heteroatoms. The van der Waals surface area contributed by atoms with Crippen molar-refractivity contribution in [3.05, 3.63) is 62.7 Å². The van der Waals surface area contributed by atoms with Crippen LogP contribution in [0.2, 0.25) is 5.02 Å². The minimum Gasteiger partial charge on any atom is -0.450 e. The Morgan fingerprint density at radius 1 is 1.25 bits per heavy atom. The Bertz CT molecular complexity index is 659. The van der Waals surface area contributed by atoms with Gasteiger partial charge in [-0.3, -0.25) is 10.1 Å². The molecule has 2 rings (SSSR count). The molecular formula is C14H13ClN2O3. The van der Waals surface area contributed by atoms with Crippen LogP contribution in [0.3, 0.4) is 0 Å². The van der Waals surface area contributed by atoms with E-state index in [2.05, 4.69) is 0 Å². The molecule has 0 radical (unpaired) electrons. The molecular weight excluding hydrogens is 280 g/mol. The number of hydrogen-bond acceptors (Lipinski definition) is 4. The number of nitrogens with zero attached hydrogens (tertiary/aromatic N) is 1. The van der Waals surface area contributed by atoms with Crippen molar-refractivity contribution in [2.24, 2.45) is 5.73 Å². The molecule has 0 amide bonds. The van der Waals surface area contributed by atoms with Gasteiger partial charge in [0.1, 0.15) is 5.75 Å². The van der Waals surface area contributed by atoms with Crippen LogP contribution in [0, 0.1) is 17.0 Å². The molecule has 0 aliphatic rings. The number of ether oxygens (including phenoxy) is 1. The quantitative estimate of drug-likeness (QED) is 0.686. The molecule has 0 atom stereocenters. The predicted molar refractivity (Wildman–Crippen MR) is 77.3 cm³/mol. The van der Waals surface area contributed by atoms with Crippen molar-refractivity contribution in [1.82, 2.24) is 0 Å². The van der Waals surface area contributed by atoms with Crippen LogP contribution in [0.1, 0.15) is 11.1 Å². The molecule has 0 fully saturated rings. The van der Waals surface area contributed by atoms with Crippen LogP contribution < -0.4 is 10.5 Å². The highest BCUT2D eigenvalue weighted by atomic mass is 35.5. The van der Waals surface area contributed by atoms with Gasteiger partial charge in [-0.05, 0) is 19.1 Å². The topological polar surface area (TPSA) is 78.4 Å². The maximum Gasteiger partial charge on any atom is 0.311 e. The van der Waals surface area contributed by atoms with Gasteiger partial charge in [0.25, 0.3) is 0 Å². The monoisotopic (exact) mass is 292 g/mol. The third-order valence-electron chi connectivity index (χ3n) is 2.77. The van der Waals surface area contributed by atoms with Crippen LogP contribution in [-0.4, -0.2) is 4.92 Å². The van der Waals surface area contributed by atoms with Crippen LogP contribution in [-0.2, 0) is 6.54 Å². The maximum atomic E-state index is 11.0. The van der Waals surface area contributed by atoms with E-state index in [1.807, 2.05) is 19.1 Å². The molecule has 20 heavy (non-hydrogen) atoms. The molecule has 0 saturated carbocycles. The molecule has 2 aromatic carbocycles. The molecule has 5 nitrogen and oxygen atoms in total. The van der Waals surface area contributed by atoms with Crippen LogP contribution in [0.4, 0.5) is 5.69 Å². The summed E-state index contributed by atoms with van der Waals surface area (Å²) in [5.41, 5.74) is 7.34. The van der Waals surface area contributed by atoms with Crippen molar-refractivity contribution in [1.29, 1.82) is 0 Å². The van der Waals surface area contributed by atoms with Crippen molar-refractivity contribution >= 4 is 17.3 Å². The van der Waals surface area contributed by atoms with Gasteiger partial charge in [-0.15, -0.1) is 0 Å². The number of nitro benzene ring substituents is 1. The minimum absolute atomic E-state index is 0.0982. The maximum absolute atomic E-state index is 11.0. The van der Waals surface area contributed by atoms with Crippen LogP contribution in [0.5, 0.6) is 11.5 Å². The van der Waals surface area contributed by atoms with E-state index in [4.69, 9.17) is 22.1 Å². The molecule has 0 aliphatic heterocycles. The molecule has 0 bridgehead atoms. The van der Waals surface area contributed by atoms with Gasteiger partial charge in [0.05, 0.1) is 4.92 Å².